The molecule has 6 atom stereocenters. The van der Waals surface area contributed by atoms with E-state index in [4.69, 9.17) is 5.73 Å². The van der Waals surface area contributed by atoms with Crippen molar-refractivity contribution in [2.24, 2.45) is 17.6 Å². The van der Waals surface area contributed by atoms with Crippen molar-refractivity contribution in [2.75, 3.05) is 13.1 Å². The van der Waals surface area contributed by atoms with E-state index in [-0.39, 0.29) is 29.6 Å². The highest BCUT2D eigenvalue weighted by Gasteiger charge is 2.44. The van der Waals surface area contributed by atoms with Crippen molar-refractivity contribution in [2.45, 2.75) is 90.4 Å². The van der Waals surface area contributed by atoms with Crippen LogP contribution in [0.5, 0.6) is 0 Å². The molecule has 2 aliphatic heterocycles. The molecule has 0 spiro atoms. The summed E-state index contributed by atoms with van der Waals surface area (Å²) in [7, 11) is 0. The van der Waals surface area contributed by atoms with E-state index >= 15 is 0 Å². The van der Waals surface area contributed by atoms with E-state index in [2.05, 4.69) is 5.32 Å². The van der Waals surface area contributed by atoms with Crippen molar-refractivity contribution in [1.29, 1.82) is 0 Å². The second kappa shape index (κ2) is 10.9. The van der Waals surface area contributed by atoms with Gasteiger partial charge in [0.05, 0.1) is 6.04 Å². The molecule has 9 heteroatoms. The van der Waals surface area contributed by atoms with Crippen LogP contribution in [0, 0.1) is 11.8 Å². The number of aliphatic carboxylic acids is 1. The van der Waals surface area contributed by atoms with Gasteiger partial charge in [-0.3, -0.25) is 14.4 Å². The third-order valence-electron chi connectivity index (χ3n) is 6.98. The van der Waals surface area contributed by atoms with E-state index in [1.165, 1.54) is 9.80 Å². The predicted molar refractivity (Wildman–Crippen MR) is 116 cm³/mol. The largest absolute Gasteiger partial charge is 0.480 e. The zero-order chi connectivity index (χ0) is 23.3. The van der Waals surface area contributed by atoms with Crippen LogP contribution >= 0.6 is 0 Å². The maximum Gasteiger partial charge on any atom is 0.326 e. The van der Waals surface area contributed by atoms with E-state index in [1.54, 1.807) is 0 Å². The SMILES string of the molecule is CCC(C)C(N)C(=O)NC(C(=O)N1CCCC1C(=O)N1CCCC1C(=O)O)C(C)CC. The van der Waals surface area contributed by atoms with Crippen LogP contribution in [0.2, 0.25) is 0 Å². The molecule has 9 nitrogen and oxygen atoms in total. The molecule has 2 aliphatic rings. The fourth-order valence-electron chi connectivity index (χ4n) is 4.39. The van der Waals surface area contributed by atoms with Gasteiger partial charge in [0.1, 0.15) is 18.1 Å². The first-order valence-corrected chi connectivity index (χ1v) is 11.5. The first-order chi connectivity index (χ1) is 14.6. The minimum atomic E-state index is -1.01. The third kappa shape index (κ3) is 5.56. The molecule has 2 rings (SSSR count). The van der Waals surface area contributed by atoms with Gasteiger partial charge in [-0.1, -0.05) is 40.5 Å². The first-order valence-electron chi connectivity index (χ1n) is 11.5. The molecule has 31 heavy (non-hydrogen) atoms. The molecule has 4 N–H and O–H groups in total. The Morgan fingerprint density at radius 3 is 2.06 bits per heavy atom. The number of rotatable bonds is 9. The Balaban J connectivity index is 2.18. The highest BCUT2D eigenvalue weighted by molar-refractivity contribution is 5.95. The van der Waals surface area contributed by atoms with Crippen molar-refractivity contribution >= 4 is 23.7 Å². The number of nitrogens with two attached hydrogens (primary N) is 1. The Bertz CT molecular complexity index is 685. The van der Waals surface area contributed by atoms with Gasteiger partial charge in [0.2, 0.25) is 17.7 Å². The summed E-state index contributed by atoms with van der Waals surface area (Å²) in [4.78, 5) is 53.8. The number of nitrogens with one attached hydrogen (secondary N) is 1. The molecule has 2 saturated heterocycles. The molecule has 0 aromatic heterocycles. The number of hydrogen-bond donors (Lipinski definition) is 3. The molecule has 0 aliphatic carbocycles. The smallest absolute Gasteiger partial charge is 0.326 e. The summed E-state index contributed by atoms with van der Waals surface area (Å²) in [6.07, 6.45) is 3.67. The van der Waals surface area contributed by atoms with Crippen LogP contribution in [-0.4, -0.2) is 75.9 Å². The molecule has 0 bridgehead atoms. The van der Waals surface area contributed by atoms with Crippen LogP contribution in [-0.2, 0) is 19.2 Å². The number of carbonyl (C=O) groups excluding carboxylic acids is 3. The lowest BCUT2D eigenvalue weighted by Gasteiger charge is -2.34. The maximum absolute atomic E-state index is 13.5. The van der Waals surface area contributed by atoms with Gasteiger partial charge in [-0.15, -0.1) is 0 Å². The summed E-state index contributed by atoms with van der Waals surface area (Å²) in [5.74, 6) is -2.11. The minimum Gasteiger partial charge on any atom is -0.480 e. The highest BCUT2D eigenvalue weighted by Crippen LogP contribution is 2.26. The average molecular weight is 439 g/mol. The second-order valence-corrected chi connectivity index (χ2v) is 9.00. The van der Waals surface area contributed by atoms with Crippen molar-refractivity contribution in [1.82, 2.24) is 15.1 Å². The molecule has 6 unspecified atom stereocenters. The summed E-state index contributed by atoms with van der Waals surface area (Å²) < 4.78 is 0. The predicted octanol–water partition coefficient (Wildman–Crippen LogP) is 0.957. The van der Waals surface area contributed by atoms with Crippen molar-refractivity contribution in [3.63, 3.8) is 0 Å². The maximum atomic E-state index is 13.5. The lowest BCUT2D eigenvalue weighted by molar-refractivity contribution is -0.152. The molecule has 2 fully saturated rings. The first kappa shape index (κ1) is 25.1. The number of amides is 3. The Labute approximate surface area is 184 Å². The van der Waals surface area contributed by atoms with E-state index in [0.29, 0.717) is 45.2 Å². The zero-order valence-electron chi connectivity index (χ0n) is 19.2. The topological polar surface area (TPSA) is 133 Å². The van der Waals surface area contributed by atoms with Crippen molar-refractivity contribution in [3.05, 3.63) is 0 Å². The van der Waals surface area contributed by atoms with Crippen LogP contribution in [0.3, 0.4) is 0 Å². The Hall–Kier alpha value is -2.16. The Morgan fingerprint density at radius 1 is 0.968 bits per heavy atom. The minimum absolute atomic E-state index is 0.0167. The third-order valence-corrected chi connectivity index (χ3v) is 6.98. The molecule has 0 aromatic rings. The van der Waals surface area contributed by atoms with Crippen molar-refractivity contribution in [3.8, 4) is 0 Å². The fraction of sp³-hybridized carbons (Fsp3) is 0.818. The molecule has 2 heterocycles. The quantitative estimate of drug-likeness (QED) is 0.491. The highest BCUT2D eigenvalue weighted by atomic mass is 16.4. The average Bonchev–Trinajstić information content (AvgIpc) is 3.44. The molecule has 176 valence electrons. The van der Waals surface area contributed by atoms with Crippen LogP contribution < -0.4 is 11.1 Å². The van der Waals surface area contributed by atoms with Crippen LogP contribution in [0.4, 0.5) is 0 Å². The van der Waals surface area contributed by atoms with Gasteiger partial charge in [-0.25, -0.2) is 4.79 Å². The van der Waals surface area contributed by atoms with E-state index in [0.717, 1.165) is 6.42 Å². The van der Waals surface area contributed by atoms with E-state index in [9.17, 15) is 24.3 Å². The standard InChI is InChI=1S/C22H38N4O5/c1-5-13(3)17(23)19(27)24-18(14(4)6-2)21(29)25-11-7-9-15(25)20(28)26-12-8-10-16(26)22(30)31/h13-18H,5-12,23H2,1-4H3,(H,24,27)(H,30,31). The van der Waals surface area contributed by atoms with Crippen LogP contribution in [0.25, 0.3) is 0 Å². The van der Waals surface area contributed by atoms with Gasteiger partial charge in [0, 0.05) is 13.1 Å². The van der Waals surface area contributed by atoms with Gasteiger partial charge < -0.3 is 26.0 Å². The number of nitrogens with zero attached hydrogens (tertiary/aromatic N) is 2. The number of likely N-dealkylation sites (tertiary alicyclic amines) is 2. The summed E-state index contributed by atoms with van der Waals surface area (Å²) in [5.41, 5.74) is 6.06. The molecule has 3 amide bonds. The number of hydrogen-bond acceptors (Lipinski definition) is 5. The summed E-state index contributed by atoms with van der Waals surface area (Å²) >= 11 is 0. The molecular weight excluding hydrogens is 400 g/mol. The lowest BCUT2D eigenvalue weighted by Crippen LogP contribution is -2.59. The summed E-state index contributed by atoms with van der Waals surface area (Å²) in [6.45, 7) is 8.50. The van der Waals surface area contributed by atoms with Crippen LogP contribution in [0.15, 0.2) is 0 Å². The molecular formula is C22H38N4O5. The number of carboxylic acids is 1. The lowest BCUT2D eigenvalue weighted by atomic mass is 9.95. The van der Waals surface area contributed by atoms with E-state index < -0.39 is 30.1 Å². The Morgan fingerprint density at radius 2 is 1.52 bits per heavy atom. The molecule has 0 radical (unpaired) electrons. The molecule has 0 saturated carbocycles. The van der Waals surface area contributed by atoms with Gasteiger partial charge in [0.25, 0.3) is 0 Å². The van der Waals surface area contributed by atoms with E-state index in [1.807, 2.05) is 27.7 Å². The molecule has 0 aromatic carbocycles. The van der Waals surface area contributed by atoms with Gasteiger partial charge >= 0.3 is 5.97 Å². The Kier molecular flexibility index (Phi) is 8.85. The van der Waals surface area contributed by atoms with Gasteiger partial charge in [-0.05, 0) is 37.5 Å². The van der Waals surface area contributed by atoms with Crippen molar-refractivity contribution < 1.29 is 24.3 Å². The number of carbonyl (C=O) groups is 4. The monoisotopic (exact) mass is 438 g/mol. The second-order valence-electron chi connectivity index (χ2n) is 9.00. The summed E-state index contributed by atoms with van der Waals surface area (Å²) in [6, 6.07) is -2.99. The normalized spacial score (nSPS) is 25.1. The number of carboxylic acid groups (broad SMARTS) is 1. The van der Waals surface area contributed by atoms with Crippen LogP contribution in [0.1, 0.15) is 66.2 Å². The fourth-order valence-corrected chi connectivity index (χ4v) is 4.39. The van der Waals surface area contributed by atoms with Gasteiger partial charge in [0.15, 0.2) is 0 Å². The summed E-state index contributed by atoms with van der Waals surface area (Å²) in [5, 5.41) is 12.3. The zero-order valence-corrected chi connectivity index (χ0v) is 19.2. The van der Waals surface area contributed by atoms with Gasteiger partial charge in [-0.2, -0.15) is 0 Å².